The molecule has 0 fully saturated rings. The molecule has 0 radical (unpaired) electrons. The maximum atomic E-state index is 12.4. The van der Waals surface area contributed by atoms with Gasteiger partial charge in [-0.25, -0.2) is 0 Å². The molecule has 0 atom stereocenters. The van der Waals surface area contributed by atoms with Crippen molar-refractivity contribution in [2.45, 2.75) is 6.42 Å². The van der Waals surface area contributed by atoms with Crippen LogP contribution in [0.1, 0.15) is 15.9 Å². The van der Waals surface area contributed by atoms with Gasteiger partial charge in [-0.05, 0) is 17.7 Å². The molecule has 2 aromatic rings. The summed E-state index contributed by atoms with van der Waals surface area (Å²) in [6.07, 6.45) is 0.0778. The van der Waals surface area contributed by atoms with Crippen LogP contribution >= 0.6 is 0 Å². The first-order valence-corrected chi connectivity index (χ1v) is 8.64. The van der Waals surface area contributed by atoms with Gasteiger partial charge in [-0.15, -0.1) is 0 Å². The highest BCUT2D eigenvalue weighted by Crippen LogP contribution is 2.22. The zero-order chi connectivity index (χ0) is 20.1. The number of para-hydroxylation sites is 2. The van der Waals surface area contributed by atoms with E-state index in [0.29, 0.717) is 16.8 Å². The van der Waals surface area contributed by atoms with Gasteiger partial charge in [0.25, 0.3) is 11.6 Å². The summed E-state index contributed by atoms with van der Waals surface area (Å²) in [5.41, 5.74) is 1.37. The first-order valence-electron chi connectivity index (χ1n) is 8.64. The number of amides is 3. The summed E-state index contributed by atoms with van der Waals surface area (Å²) in [7, 11) is 0. The number of benzene rings is 2. The Morgan fingerprint density at radius 1 is 1.07 bits per heavy atom. The van der Waals surface area contributed by atoms with Crippen LogP contribution in [0.25, 0.3) is 0 Å². The summed E-state index contributed by atoms with van der Waals surface area (Å²) in [6, 6.07) is 13.0. The van der Waals surface area contributed by atoms with Crippen LogP contribution in [-0.4, -0.2) is 47.2 Å². The lowest BCUT2D eigenvalue weighted by Gasteiger charge is -2.26. The van der Waals surface area contributed by atoms with Crippen molar-refractivity contribution >= 4 is 29.1 Å². The fourth-order valence-electron chi connectivity index (χ4n) is 2.94. The van der Waals surface area contributed by atoms with Crippen molar-refractivity contribution in [1.82, 2.24) is 10.2 Å². The lowest BCUT2D eigenvalue weighted by Crippen LogP contribution is -2.48. The molecule has 3 rings (SSSR count). The third-order valence-electron chi connectivity index (χ3n) is 4.30. The van der Waals surface area contributed by atoms with E-state index in [0.717, 1.165) is 4.90 Å². The minimum Gasteiger partial charge on any atom is -0.378 e. The second kappa shape index (κ2) is 8.30. The second-order valence-electron chi connectivity index (χ2n) is 6.17. The van der Waals surface area contributed by atoms with Gasteiger partial charge in [0.05, 0.1) is 11.3 Å². The quantitative estimate of drug-likeness (QED) is 0.323. The molecule has 1 heterocycles. The molecule has 0 saturated heterocycles. The van der Waals surface area contributed by atoms with E-state index in [1.165, 1.54) is 6.07 Å². The van der Waals surface area contributed by atoms with E-state index in [2.05, 4.69) is 10.6 Å². The first kappa shape index (κ1) is 19.0. The van der Waals surface area contributed by atoms with Crippen LogP contribution < -0.4 is 10.6 Å². The van der Waals surface area contributed by atoms with Crippen molar-refractivity contribution in [2.24, 2.45) is 0 Å². The van der Waals surface area contributed by atoms with Crippen molar-refractivity contribution in [3.8, 4) is 0 Å². The van der Waals surface area contributed by atoms with Crippen LogP contribution in [0.4, 0.5) is 11.4 Å². The standard InChI is InChI=1S/C19H18N4O5/c24-17(21-10-9-20-15-7-3-4-8-16(15)23(27)28)12-22-18(25)11-13-5-1-2-6-14(13)19(22)26/h1-8,20H,9-12H2,(H,21,24). The van der Waals surface area contributed by atoms with Crippen molar-refractivity contribution in [3.63, 3.8) is 0 Å². The predicted octanol–water partition coefficient (Wildman–Crippen LogP) is 1.35. The molecule has 0 bridgehead atoms. The van der Waals surface area contributed by atoms with E-state index in [-0.39, 0.29) is 31.7 Å². The number of hydrogen-bond donors (Lipinski definition) is 2. The molecular weight excluding hydrogens is 364 g/mol. The number of anilines is 1. The van der Waals surface area contributed by atoms with E-state index < -0.39 is 22.6 Å². The Balaban J connectivity index is 1.51. The zero-order valence-corrected chi connectivity index (χ0v) is 14.9. The molecule has 0 aliphatic carbocycles. The van der Waals surface area contributed by atoms with Crippen LogP contribution in [-0.2, 0) is 16.0 Å². The lowest BCUT2D eigenvalue weighted by molar-refractivity contribution is -0.384. The number of carbonyl (C=O) groups is 3. The lowest BCUT2D eigenvalue weighted by atomic mass is 9.98. The van der Waals surface area contributed by atoms with Crippen LogP contribution in [0.2, 0.25) is 0 Å². The Kier molecular flexibility index (Phi) is 5.64. The molecule has 9 heteroatoms. The normalized spacial score (nSPS) is 13.1. The highest BCUT2D eigenvalue weighted by Gasteiger charge is 2.31. The molecule has 2 N–H and O–H groups in total. The van der Waals surface area contributed by atoms with Gasteiger partial charge in [0.2, 0.25) is 11.8 Å². The van der Waals surface area contributed by atoms with E-state index in [4.69, 9.17) is 0 Å². The molecule has 1 aliphatic rings. The average molecular weight is 382 g/mol. The van der Waals surface area contributed by atoms with Crippen molar-refractivity contribution in [2.75, 3.05) is 25.0 Å². The number of nitro benzene ring substituents is 1. The SMILES string of the molecule is O=C(CN1C(=O)Cc2ccccc2C1=O)NCCNc1ccccc1[N+](=O)[O-]. The molecule has 28 heavy (non-hydrogen) atoms. The van der Waals surface area contributed by atoms with Gasteiger partial charge in [-0.2, -0.15) is 0 Å². The topological polar surface area (TPSA) is 122 Å². The largest absolute Gasteiger partial charge is 0.378 e. The molecule has 2 aromatic carbocycles. The molecule has 0 saturated carbocycles. The summed E-state index contributed by atoms with van der Waals surface area (Å²) in [5, 5.41) is 16.4. The molecule has 0 unspecified atom stereocenters. The first-order chi connectivity index (χ1) is 13.5. The molecular formula is C19H18N4O5. The fraction of sp³-hybridized carbons (Fsp3) is 0.211. The Morgan fingerprint density at radius 2 is 1.79 bits per heavy atom. The molecule has 0 spiro atoms. The van der Waals surface area contributed by atoms with Gasteiger partial charge >= 0.3 is 0 Å². The van der Waals surface area contributed by atoms with E-state index in [1.807, 2.05) is 0 Å². The van der Waals surface area contributed by atoms with Crippen molar-refractivity contribution < 1.29 is 19.3 Å². The van der Waals surface area contributed by atoms with Crippen LogP contribution in [0.5, 0.6) is 0 Å². The van der Waals surface area contributed by atoms with Crippen molar-refractivity contribution in [3.05, 3.63) is 69.8 Å². The Labute approximate surface area is 160 Å². The minimum atomic E-state index is -0.494. The maximum absolute atomic E-state index is 12.4. The zero-order valence-electron chi connectivity index (χ0n) is 14.9. The van der Waals surface area contributed by atoms with E-state index in [9.17, 15) is 24.5 Å². The summed E-state index contributed by atoms with van der Waals surface area (Å²) in [5.74, 6) is -1.39. The van der Waals surface area contributed by atoms with E-state index >= 15 is 0 Å². The van der Waals surface area contributed by atoms with Gasteiger partial charge in [0.1, 0.15) is 12.2 Å². The molecule has 9 nitrogen and oxygen atoms in total. The van der Waals surface area contributed by atoms with Crippen LogP contribution in [0, 0.1) is 10.1 Å². The number of nitrogens with one attached hydrogen (secondary N) is 2. The van der Waals surface area contributed by atoms with Crippen LogP contribution in [0.15, 0.2) is 48.5 Å². The monoisotopic (exact) mass is 382 g/mol. The minimum absolute atomic E-state index is 0.0583. The van der Waals surface area contributed by atoms with Gasteiger partial charge < -0.3 is 10.6 Å². The average Bonchev–Trinajstić information content (AvgIpc) is 2.68. The summed E-state index contributed by atoms with van der Waals surface area (Å²) in [6.45, 7) is 0.0660. The maximum Gasteiger partial charge on any atom is 0.292 e. The Hall–Kier alpha value is -3.75. The molecule has 144 valence electrons. The van der Waals surface area contributed by atoms with Crippen molar-refractivity contribution in [1.29, 1.82) is 0 Å². The van der Waals surface area contributed by atoms with Gasteiger partial charge in [-0.1, -0.05) is 30.3 Å². The number of hydrogen-bond acceptors (Lipinski definition) is 6. The van der Waals surface area contributed by atoms with Gasteiger partial charge in [0.15, 0.2) is 0 Å². The molecule has 3 amide bonds. The third kappa shape index (κ3) is 4.14. The number of nitro groups is 1. The Morgan fingerprint density at radius 3 is 2.57 bits per heavy atom. The van der Waals surface area contributed by atoms with Gasteiger partial charge in [-0.3, -0.25) is 29.4 Å². The predicted molar refractivity (Wildman–Crippen MR) is 101 cm³/mol. The highest BCUT2D eigenvalue weighted by atomic mass is 16.6. The fourth-order valence-corrected chi connectivity index (χ4v) is 2.94. The third-order valence-corrected chi connectivity index (χ3v) is 4.30. The highest BCUT2D eigenvalue weighted by molar-refractivity contribution is 6.11. The smallest absolute Gasteiger partial charge is 0.292 e. The Bertz CT molecular complexity index is 943. The summed E-state index contributed by atoms with van der Waals surface area (Å²) < 4.78 is 0. The van der Waals surface area contributed by atoms with Gasteiger partial charge in [0, 0.05) is 24.7 Å². The molecule has 0 aromatic heterocycles. The van der Waals surface area contributed by atoms with Crippen LogP contribution in [0.3, 0.4) is 0 Å². The second-order valence-corrected chi connectivity index (χ2v) is 6.17. The molecule has 1 aliphatic heterocycles. The summed E-state index contributed by atoms with van der Waals surface area (Å²) >= 11 is 0. The summed E-state index contributed by atoms with van der Waals surface area (Å²) in [4.78, 5) is 48.1. The number of imide groups is 1. The van der Waals surface area contributed by atoms with E-state index in [1.54, 1.807) is 42.5 Å². The number of carbonyl (C=O) groups excluding carboxylic acids is 3. The number of nitrogens with zero attached hydrogens (tertiary/aromatic N) is 2. The number of rotatable bonds is 7. The number of fused-ring (bicyclic) bond motifs is 1.